The third-order valence-electron chi connectivity index (χ3n) is 6.04. The van der Waals surface area contributed by atoms with E-state index in [0.717, 1.165) is 24.2 Å². The van der Waals surface area contributed by atoms with Crippen molar-refractivity contribution in [1.29, 1.82) is 0 Å². The van der Waals surface area contributed by atoms with Crippen molar-refractivity contribution in [3.05, 3.63) is 84.4 Å². The van der Waals surface area contributed by atoms with Crippen LogP contribution in [0.1, 0.15) is 36.0 Å². The van der Waals surface area contributed by atoms with E-state index in [1.165, 1.54) is 6.26 Å². The number of hydrogen-bond donors (Lipinski definition) is 4. The molecule has 0 aliphatic heterocycles. The van der Waals surface area contributed by atoms with Gasteiger partial charge in [-0.2, -0.15) is 0 Å². The molecule has 2 atom stereocenters. The first-order chi connectivity index (χ1) is 17.4. The number of nitrogens with zero attached hydrogens (tertiary/aromatic N) is 2. The Bertz CT molecular complexity index is 1330. The molecule has 2 aromatic carbocycles. The van der Waals surface area contributed by atoms with E-state index in [1.807, 2.05) is 18.2 Å². The molecule has 0 unspecified atom stereocenters. The highest BCUT2D eigenvalue weighted by Crippen LogP contribution is 2.25. The average molecular weight is 488 g/mol. The first-order valence-electron chi connectivity index (χ1n) is 11.7. The minimum Gasteiger partial charge on any atom is -0.467 e. The van der Waals surface area contributed by atoms with Crippen molar-refractivity contribution in [2.75, 3.05) is 29.0 Å². The number of carbonyl (C=O) groups excluding carboxylic acids is 2. The Morgan fingerprint density at radius 3 is 2.50 bits per heavy atom. The molecule has 9 nitrogen and oxygen atoms in total. The van der Waals surface area contributed by atoms with Crippen LogP contribution in [0.25, 0.3) is 10.8 Å². The predicted octanol–water partition coefficient (Wildman–Crippen LogP) is 3.73. The van der Waals surface area contributed by atoms with E-state index >= 15 is 0 Å². The van der Waals surface area contributed by atoms with Crippen LogP contribution in [0.5, 0.6) is 0 Å². The number of carbonyl (C=O) groups is 2. The first kappa shape index (κ1) is 24.7. The Morgan fingerprint density at radius 2 is 1.83 bits per heavy atom. The Morgan fingerprint density at radius 1 is 1.08 bits per heavy atom. The van der Waals surface area contributed by atoms with Gasteiger partial charge in [-0.25, -0.2) is 4.98 Å². The van der Waals surface area contributed by atoms with Gasteiger partial charge in [-0.15, -0.1) is 0 Å². The van der Waals surface area contributed by atoms with E-state index in [4.69, 9.17) is 10.2 Å². The number of amides is 2. The molecule has 9 heteroatoms. The number of aromatic nitrogens is 1. The molecule has 4 aromatic rings. The number of fused-ring (bicyclic) bond motifs is 1. The van der Waals surface area contributed by atoms with Crippen LogP contribution in [0.15, 0.2) is 77.5 Å². The minimum absolute atomic E-state index is 0.248. The largest absolute Gasteiger partial charge is 0.467 e. The Labute approximate surface area is 208 Å². The van der Waals surface area contributed by atoms with Crippen LogP contribution in [0, 0.1) is 0 Å². The number of pyridine rings is 1. The number of anilines is 3. The Hall–Kier alpha value is -4.37. The maximum Gasteiger partial charge on any atom is 0.255 e. The molecule has 5 N–H and O–H groups in total. The van der Waals surface area contributed by atoms with Gasteiger partial charge in [-0.3, -0.25) is 9.59 Å². The number of nitrogen functional groups attached to an aromatic ring is 1. The van der Waals surface area contributed by atoms with Gasteiger partial charge < -0.3 is 30.8 Å². The summed E-state index contributed by atoms with van der Waals surface area (Å²) < 4.78 is 5.42. The second-order valence-electron chi connectivity index (χ2n) is 8.25. The number of nitrogens with one attached hydrogen (secondary N) is 2. The molecule has 36 heavy (non-hydrogen) atoms. The molecule has 186 valence electrons. The molecule has 2 amide bonds. The molecule has 0 aliphatic carbocycles. The second kappa shape index (κ2) is 10.9. The fraction of sp³-hybridized carbons (Fsp3) is 0.222. The lowest BCUT2D eigenvalue weighted by molar-refractivity contribution is -0.125. The topological polar surface area (TPSA) is 134 Å². The quantitative estimate of drug-likeness (QED) is 0.283. The van der Waals surface area contributed by atoms with Crippen LogP contribution in [-0.4, -0.2) is 41.1 Å². The van der Waals surface area contributed by atoms with Crippen molar-refractivity contribution in [2.24, 2.45) is 0 Å². The SMILES string of the molecule is CCN(CC)c1ccc(C(=O)N[C@@H](c2ccco2)[C@@H](O)C(=O)Nc2ccc3ccnc(N)c3c2)cc1. The zero-order valence-electron chi connectivity index (χ0n) is 20.1. The second-order valence-corrected chi connectivity index (χ2v) is 8.25. The van der Waals surface area contributed by atoms with Gasteiger partial charge in [0, 0.05) is 41.6 Å². The highest BCUT2D eigenvalue weighted by molar-refractivity contribution is 6.00. The third kappa shape index (κ3) is 5.31. The van der Waals surface area contributed by atoms with Gasteiger partial charge in [0.05, 0.1) is 6.26 Å². The highest BCUT2D eigenvalue weighted by Gasteiger charge is 2.31. The van der Waals surface area contributed by atoms with Crippen molar-refractivity contribution < 1.29 is 19.1 Å². The van der Waals surface area contributed by atoms with Gasteiger partial charge in [0.2, 0.25) is 0 Å². The fourth-order valence-corrected chi connectivity index (χ4v) is 4.05. The van der Waals surface area contributed by atoms with Gasteiger partial charge in [0.15, 0.2) is 6.10 Å². The number of aliphatic hydroxyl groups excluding tert-OH is 1. The maximum atomic E-state index is 13.0. The van der Waals surface area contributed by atoms with E-state index in [9.17, 15) is 14.7 Å². The van der Waals surface area contributed by atoms with E-state index in [2.05, 4.69) is 34.4 Å². The van der Waals surface area contributed by atoms with E-state index in [0.29, 0.717) is 22.5 Å². The molecule has 0 saturated carbocycles. The number of rotatable bonds is 9. The Kier molecular flexibility index (Phi) is 7.50. The maximum absolute atomic E-state index is 13.0. The predicted molar refractivity (Wildman–Crippen MR) is 140 cm³/mol. The summed E-state index contributed by atoms with van der Waals surface area (Å²) in [5.41, 5.74) is 7.78. The van der Waals surface area contributed by atoms with Crippen LogP contribution >= 0.6 is 0 Å². The summed E-state index contributed by atoms with van der Waals surface area (Å²) in [6, 6.07) is 16.2. The monoisotopic (exact) mass is 487 g/mol. The summed E-state index contributed by atoms with van der Waals surface area (Å²) in [7, 11) is 0. The molecule has 0 aliphatic rings. The first-order valence-corrected chi connectivity index (χ1v) is 11.7. The van der Waals surface area contributed by atoms with E-state index in [-0.39, 0.29) is 5.76 Å². The molecule has 0 spiro atoms. The van der Waals surface area contributed by atoms with Crippen molar-refractivity contribution in [3.8, 4) is 0 Å². The van der Waals surface area contributed by atoms with Gasteiger partial charge in [0.25, 0.3) is 11.8 Å². The van der Waals surface area contributed by atoms with Gasteiger partial charge in [0.1, 0.15) is 17.6 Å². The van der Waals surface area contributed by atoms with Crippen molar-refractivity contribution in [2.45, 2.75) is 26.0 Å². The van der Waals surface area contributed by atoms with Gasteiger partial charge in [-0.05, 0) is 73.8 Å². The normalized spacial score (nSPS) is 12.6. The lowest BCUT2D eigenvalue weighted by Crippen LogP contribution is -2.42. The van der Waals surface area contributed by atoms with Crippen LogP contribution < -0.4 is 21.3 Å². The highest BCUT2D eigenvalue weighted by atomic mass is 16.3. The van der Waals surface area contributed by atoms with Crippen LogP contribution in [-0.2, 0) is 4.79 Å². The molecular formula is C27H29N5O4. The smallest absolute Gasteiger partial charge is 0.255 e. The zero-order chi connectivity index (χ0) is 25.7. The molecule has 2 heterocycles. The molecular weight excluding hydrogens is 458 g/mol. The molecule has 0 radical (unpaired) electrons. The van der Waals surface area contributed by atoms with Gasteiger partial charge >= 0.3 is 0 Å². The molecule has 0 bridgehead atoms. The number of benzene rings is 2. The fourth-order valence-electron chi connectivity index (χ4n) is 4.05. The zero-order valence-corrected chi connectivity index (χ0v) is 20.1. The summed E-state index contributed by atoms with van der Waals surface area (Å²) >= 11 is 0. The lowest BCUT2D eigenvalue weighted by atomic mass is 10.1. The molecule has 0 fully saturated rings. The van der Waals surface area contributed by atoms with Crippen LogP contribution in [0.3, 0.4) is 0 Å². The van der Waals surface area contributed by atoms with E-state index < -0.39 is 24.0 Å². The summed E-state index contributed by atoms with van der Waals surface area (Å²) in [6.45, 7) is 5.83. The van der Waals surface area contributed by atoms with Crippen LogP contribution in [0.4, 0.5) is 17.2 Å². The Balaban J connectivity index is 1.51. The minimum atomic E-state index is -1.63. The van der Waals surface area contributed by atoms with Crippen LogP contribution in [0.2, 0.25) is 0 Å². The number of nitrogens with two attached hydrogens (primary N) is 1. The average Bonchev–Trinajstić information content (AvgIpc) is 3.43. The van der Waals surface area contributed by atoms with Crippen molar-refractivity contribution in [1.82, 2.24) is 10.3 Å². The molecule has 4 rings (SSSR count). The summed E-state index contributed by atoms with van der Waals surface area (Å²) in [5.74, 6) is -0.580. The standard InChI is InChI=1S/C27H29N5O4/c1-3-32(4-2)20-11-8-18(9-12-20)26(34)31-23(22-6-5-15-36-22)24(33)27(35)30-19-10-7-17-13-14-29-25(28)21(17)16-19/h5-16,23-24,33H,3-4H2,1-2H3,(H2,28,29)(H,30,35)(H,31,34)/t23-,24+/m0/s1. The van der Waals surface area contributed by atoms with Crippen molar-refractivity contribution in [3.63, 3.8) is 0 Å². The summed E-state index contributed by atoms with van der Waals surface area (Å²) in [6.07, 6.45) is 1.39. The summed E-state index contributed by atoms with van der Waals surface area (Å²) in [5, 5.41) is 17.9. The number of furan rings is 1. The van der Waals surface area contributed by atoms with Crippen molar-refractivity contribution >= 4 is 39.8 Å². The lowest BCUT2D eigenvalue weighted by Gasteiger charge is -2.23. The number of aliphatic hydroxyl groups is 1. The molecule has 0 saturated heterocycles. The van der Waals surface area contributed by atoms with Gasteiger partial charge in [-0.1, -0.05) is 6.07 Å². The molecule has 2 aromatic heterocycles. The summed E-state index contributed by atoms with van der Waals surface area (Å²) in [4.78, 5) is 32.2. The van der Waals surface area contributed by atoms with E-state index in [1.54, 1.807) is 48.7 Å². The third-order valence-corrected chi connectivity index (χ3v) is 6.04. The number of hydrogen-bond acceptors (Lipinski definition) is 7.